The van der Waals surface area contributed by atoms with Crippen molar-refractivity contribution < 1.29 is 9.72 Å². The molecule has 7 nitrogen and oxygen atoms in total. The Morgan fingerprint density at radius 3 is 2.57 bits per heavy atom. The van der Waals surface area contributed by atoms with E-state index in [1.165, 1.54) is 10.8 Å². The Morgan fingerprint density at radius 1 is 1.38 bits per heavy atom. The number of hydrogen-bond donors (Lipinski definition) is 0. The van der Waals surface area contributed by atoms with Gasteiger partial charge >= 0.3 is 5.69 Å². The molecule has 2 aromatic rings. The van der Waals surface area contributed by atoms with Crippen LogP contribution in [0.1, 0.15) is 21.7 Å². The highest BCUT2D eigenvalue weighted by molar-refractivity contribution is 5.97. The second-order valence-electron chi connectivity index (χ2n) is 4.89. The van der Waals surface area contributed by atoms with Crippen LogP contribution in [0.25, 0.3) is 0 Å². The maximum Gasteiger partial charge on any atom is 0.332 e. The van der Waals surface area contributed by atoms with E-state index in [-0.39, 0.29) is 12.3 Å². The molecule has 2 aromatic heterocycles. The maximum absolute atomic E-state index is 12.3. The van der Waals surface area contributed by atoms with Gasteiger partial charge in [0.25, 0.3) is 5.43 Å². The molecule has 0 bridgehead atoms. The van der Waals surface area contributed by atoms with Crippen molar-refractivity contribution in [1.29, 1.82) is 0 Å². The number of pyridine rings is 1. The zero-order chi connectivity index (χ0) is 15.7. The minimum Gasteiger partial charge on any atom is -0.351 e. The lowest BCUT2D eigenvalue weighted by Crippen LogP contribution is -2.15. The summed E-state index contributed by atoms with van der Waals surface area (Å²) in [5.74, 6) is -0.158. The second kappa shape index (κ2) is 5.35. The molecule has 2 heterocycles. The van der Waals surface area contributed by atoms with Gasteiger partial charge in [0.2, 0.25) is 0 Å². The van der Waals surface area contributed by atoms with Gasteiger partial charge in [-0.05, 0) is 19.9 Å². The number of carbonyl (C=O) groups is 1. The first-order chi connectivity index (χ1) is 9.81. The highest BCUT2D eigenvalue weighted by Crippen LogP contribution is 2.15. The van der Waals surface area contributed by atoms with Crippen molar-refractivity contribution in [3.63, 3.8) is 0 Å². The normalized spacial score (nSPS) is 10.6. The van der Waals surface area contributed by atoms with Gasteiger partial charge in [0, 0.05) is 36.3 Å². The SMILES string of the molecule is Cc1cc(C(=O)Cn2ccc(=O)c([N+](=O)[O-])c2)c(C)n1C. The Balaban J connectivity index is 2.32. The highest BCUT2D eigenvalue weighted by Gasteiger charge is 2.16. The van der Waals surface area contributed by atoms with Gasteiger partial charge in [-0.3, -0.25) is 19.7 Å². The molecule has 0 saturated carbocycles. The Kier molecular flexibility index (Phi) is 3.75. The molecule has 0 spiro atoms. The molecular formula is C14H15N3O4. The van der Waals surface area contributed by atoms with E-state index in [0.29, 0.717) is 5.56 Å². The maximum atomic E-state index is 12.3. The van der Waals surface area contributed by atoms with Crippen molar-refractivity contribution in [3.05, 3.63) is 61.8 Å². The van der Waals surface area contributed by atoms with E-state index in [9.17, 15) is 19.7 Å². The lowest BCUT2D eigenvalue weighted by atomic mass is 10.1. The van der Waals surface area contributed by atoms with Crippen LogP contribution in [0.5, 0.6) is 0 Å². The minimum atomic E-state index is -0.749. The number of hydrogen-bond acceptors (Lipinski definition) is 4. The summed E-state index contributed by atoms with van der Waals surface area (Å²) < 4.78 is 3.25. The number of carbonyl (C=O) groups excluding carboxylic acids is 1. The molecule has 21 heavy (non-hydrogen) atoms. The van der Waals surface area contributed by atoms with Gasteiger partial charge in [-0.2, -0.15) is 0 Å². The molecule has 2 rings (SSSR count). The quantitative estimate of drug-likeness (QED) is 0.486. The summed E-state index contributed by atoms with van der Waals surface area (Å²) in [6.07, 6.45) is 2.46. The van der Waals surface area contributed by atoms with Crippen molar-refractivity contribution >= 4 is 11.5 Å². The topological polar surface area (TPSA) is 87.1 Å². The zero-order valence-corrected chi connectivity index (χ0v) is 12.0. The number of nitrogens with zero attached hydrogens (tertiary/aromatic N) is 3. The van der Waals surface area contributed by atoms with Crippen LogP contribution in [-0.2, 0) is 13.6 Å². The fraction of sp³-hybridized carbons (Fsp3) is 0.286. The molecule has 110 valence electrons. The molecular weight excluding hydrogens is 274 g/mol. The smallest absolute Gasteiger partial charge is 0.332 e. The summed E-state index contributed by atoms with van der Waals surface area (Å²) in [7, 11) is 1.87. The summed E-state index contributed by atoms with van der Waals surface area (Å²) >= 11 is 0. The van der Waals surface area contributed by atoms with Crippen LogP contribution < -0.4 is 5.43 Å². The monoisotopic (exact) mass is 289 g/mol. The molecule has 0 aliphatic heterocycles. The van der Waals surface area contributed by atoms with Crippen LogP contribution >= 0.6 is 0 Å². The average Bonchev–Trinajstić information content (AvgIpc) is 2.68. The van der Waals surface area contributed by atoms with Gasteiger partial charge in [-0.15, -0.1) is 0 Å². The third-order valence-corrected chi connectivity index (χ3v) is 3.56. The lowest BCUT2D eigenvalue weighted by molar-refractivity contribution is -0.386. The van der Waals surface area contributed by atoms with Crippen molar-refractivity contribution in [2.45, 2.75) is 20.4 Å². The van der Waals surface area contributed by atoms with E-state index < -0.39 is 16.0 Å². The average molecular weight is 289 g/mol. The van der Waals surface area contributed by atoms with Crippen molar-refractivity contribution in [3.8, 4) is 0 Å². The summed E-state index contributed by atoms with van der Waals surface area (Å²) in [5.41, 5.74) is 1.17. The molecule has 0 unspecified atom stereocenters. The number of Topliss-reactive ketones (excluding diaryl/α,β-unsaturated/α-hetero) is 1. The van der Waals surface area contributed by atoms with E-state index in [0.717, 1.165) is 23.7 Å². The predicted molar refractivity (Wildman–Crippen MR) is 76.6 cm³/mol. The molecule has 0 aliphatic rings. The van der Waals surface area contributed by atoms with Gasteiger partial charge in [0.1, 0.15) is 0 Å². The molecule has 0 saturated heterocycles. The first kappa shape index (κ1) is 14.7. The number of rotatable bonds is 4. The fourth-order valence-corrected chi connectivity index (χ4v) is 2.14. The third kappa shape index (κ3) is 2.76. The molecule has 0 amide bonds. The summed E-state index contributed by atoms with van der Waals surface area (Å²) in [6.45, 7) is 3.69. The van der Waals surface area contributed by atoms with Gasteiger partial charge in [-0.25, -0.2) is 0 Å². The standard InChI is InChI=1S/C14H15N3O4/c1-9-6-11(10(2)15(9)3)14(19)8-16-5-4-13(18)12(7-16)17(20)21/h4-7H,8H2,1-3H3. The summed E-state index contributed by atoms with van der Waals surface area (Å²) in [5, 5.41) is 10.7. The zero-order valence-electron chi connectivity index (χ0n) is 12.0. The van der Waals surface area contributed by atoms with E-state index >= 15 is 0 Å². The molecule has 0 aromatic carbocycles. The van der Waals surface area contributed by atoms with Crippen molar-refractivity contribution in [2.24, 2.45) is 7.05 Å². The number of ketones is 1. The summed E-state index contributed by atoms with van der Waals surface area (Å²) in [6, 6.07) is 2.88. The molecule has 0 aliphatic carbocycles. The third-order valence-electron chi connectivity index (χ3n) is 3.56. The molecule has 7 heteroatoms. The summed E-state index contributed by atoms with van der Waals surface area (Å²) in [4.78, 5) is 33.6. The molecule has 0 N–H and O–H groups in total. The van der Waals surface area contributed by atoms with Gasteiger partial charge in [0.05, 0.1) is 17.7 Å². The molecule has 0 radical (unpaired) electrons. The van der Waals surface area contributed by atoms with Crippen LogP contribution in [-0.4, -0.2) is 19.8 Å². The second-order valence-corrected chi connectivity index (χ2v) is 4.89. The van der Waals surface area contributed by atoms with Gasteiger partial charge in [0.15, 0.2) is 5.78 Å². The van der Waals surface area contributed by atoms with Gasteiger partial charge in [-0.1, -0.05) is 0 Å². The Morgan fingerprint density at radius 2 is 2.05 bits per heavy atom. The first-order valence-electron chi connectivity index (χ1n) is 6.32. The van der Waals surface area contributed by atoms with Crippen LogP contribution in [0.4, 0.5) is 5.69 Å². The highest BCUT2D eigenvalue weighted by atomic mass is 16.6. The van der Waals surface area contributed by atoms with Gasteiger partial charge < -0.3 is 9.13 Å². The van der Waals surface area contributed by atoms with Crippen LogP contribution in [0.15, 0.2) is 29.3 Å². The Bertz CT molecular complexity index is 786. The Labute approximate surface area is 120 Å². The number of aryl methyl sites for hydroxylation is 1. The number of nitro groups is 1. The van der Waals surface area contributed by atoms with Crippen LogP contribution in [0.2, 0.25) is 0 Å². The van der Waals surface area contributed by atoms with E-state index in [1.807, 2.05) is 25.5 Å². The van der Waals surface area contributed by atoms with Crippen molar-refractivity contribution in [1.82, 2.24) is 9.13 Å². The van der Waals surface area contributed by atoms with E-state index in [4.69, 9.17) is 0 Å². The predicted octanol–water partition coefficient (Wildman–Crippen LogP) is 1.59. The van der Waals surface area contributed by atoms with E-state index in [2.05, 4.69) is 0 Å². The molecule has 0 fully saturated rings. The van der Waals surface area contributed by atoms with E-state index in [1.54, 1.807) is 6.07 Å². The number of aromatic nitrogens is 2. The van der Waals surface area contributed by atoms with Crippen molar-refractivity contribution in [2.75, 3.05) is 0 Å². The van der Waals surface area contributed by atoms with Crippen LogP contribution in [0.3, 0.4) is 0 Å². The fourth-order valence-electron chi connectivity index (χ4n) is 2.14. The van der Waals surface area contributed by atoms with Crippen LogP contribution in [0, 0.1) is 24.0 Å². The first-order valence-corrected chi connectivity index (χ1v) is 6.32. The molecule has 0 atom stereocenters. The lowest BCUT2D eigenvalue weighted by Gasteiger charge is -2.05. The largest absolute Gasteiger partial charge is 0.351 e. The minimum absolute atomic E-state index is 0.0502. The Hall–Kier alpha value is -2.70.